The lowest BCUT2D eigenvalue weighted by Crippen LogP contribution is -2.31. The second kappa shape index (κ2) is 6.94. The molecule has 0 saturated carbocycles. The van der Waals surface area contributed by atoms with Gasteiger partial charge in [0.25, 0.3) is 0 Å². The second-order valence-electron chi connectivity index (χ2n) is 6.63. The Morgan fingerprint density at radius 1 is 0.958 bits per heavy atom. The first kappa shape index (κ1) is 17.0. The topological polar surface area (TPSA) is 47.6 Å². The van der Waals surface area contributed by atoms with Gasteiger partial charge in [-0.15, -0.1) is 0 Å². The van der Waals surface area contributed by atoms with Crippen LogP contribution in [-0.2, 0) is 13.6 Å². The van der Waals surface area contributed by atoms with Crippen LogP contribution in [0.2, 0.25) is 0 Å². The van der Waals surface area contributed by atoms with Gasteiger partial charge < -0.3 is 0 Å². The zero-order valence-electron chi connectivity index (χ0n) is 13.9. The molecular weight excluding hydrogens is 321 g/mol. The van der Waals surface area contributed by atoms with Crippen molar-refractivity contribution in [2.24, 2.45) is 5.41 Å². The Morgan fingerprint density at radius 2 is 1.42 bits per heavy atom. The molecule has 3 rings (SSSR count). The molecular formula is C19H22NO3P. The van der Waals surface area contributed by atoms with Crippen LogP contribution in [0.15, 0.2) is 66.9 Å². The molecule has 0 aromatic heterocycles. The van der Waals surface area contributed by atoms with Crippen LogP contribution >= 0.6 is 7.75 Å². The number of hydrogen-bond donors (Lipinski definition) is 1. The molecule has 1 saturated heterocycles. The molecule has 0 atom stereocenters. The first-order valence-corrected chi connectivity index (χ1v) is 9.50. The van der Waals surface area contributed by atoms with Gasteiger partial charge >= 0.3 is 7.75 Å². The van der Waals surface area contributed by atoms with Crippen LogP contribution in [0, 0.1) is 5.41 Å². The minimum atomic E-state index is -3.31. The maximum Gasteiger partial charge on any atom is 0.432 e. The van der Waals surface area contributed by atoms with Crippen molar-refractivity contribution in [3.63, 3.8) is 0 Å². The van der Waals surface area contributed by atoms with Gasteiger partial charge in [-0.3, -0.25) is 14.1 Å². The first-order chi connectivity index (χ1) is 11.5. The fourth-order valence-corrected chi connectivity index (χ4v) is 3.93. The monoisotopic (exact) mass is 343 g/mol. The highest BCUT2D eigenvalue weighted by Gasteiger charge is 2.36. The van der Waals surface area contributed by atoms with E-state index in [1.54, 1.807) is 6.20 Å². The molecule has 0 radical (unpaired) electrons. The van der Waals surface area contributed by atoms with Gasteiger partial charge in [0.05, 0.1) is 13.2 Å². The van der Waals surface area contributed by atoms with Crippen molar-refractivity contribution in [2.45, 2.75) is 13.8 Å². The van der Waals surface area contributed by atoms with Crippen molar-refractivity contribution in [2.75, 3.05) is 13.2 Å². The van der Waals surface area contributed by atoms with Crippen LogP contribution in [-0.4, -0.2) is 13.2 Å². The highest BCUT2D eigenvalue weighted by atomic mass is 31.2. The summed E-state index contributed by atoms with van der Waals surface area (Å²) < 4.78 is 23.6. The molecule has 2 aromatic rings. The van der Waals surface area contributed by atoms with E-state index in [1.807, 2.05) is 74.5 Å². The van der Waals surface area contributed by atoms with E-state index in [-0.39, 0.29) is 5.41 Å². The van der Waals surface area contributed by atoms with Gasteiger partial charge in [-0.05, 0) is 11.1 Å². The maximum absolute atomic E-state index is 12.7. The standard InChI is InChI=1S/C19H22NO3P/c1-19(2)14-22-24(21,23-15-19)20-13-18(16-9-5-3-6-10-16)17-11-7-4-8-12-17/h3-13H,14-15H2,1-2H3,(H,20,21). The van der Waals surface area contributed by atoms with Crippen molar-refractivity contribution < 1.29 is 13.6 Å². The summed E-state index contributed by atoms with van der Waals surface area (Å²) in [4.78, 5) is 0. The fraction of sp³-hybridized carbons (Fsp3) is 0.263. The van der Waals surface area contributed by atoms with E-state index in [0.717, 1.165) is 16.7 Å². The van der Waals surface area contributed by atoms with Crippen molar-refractivity contribution >= 4 is 13.3 Å². The summed E-state index contributed by atoms with van der Waals surface area (Å²) in [6, 6.07) is 19.9. The number of hydrogen-bond acceptors (Lipinski definition) is 3. The molecule has 0 amide bonds. The fourth-order valence-electron chi connectivity index (χ4n) is 2.39. The zero-order chi connectivity index (χ0) is 17.0. The van der Waals surface area contributed by atoms with Gasteiger partial charge in [0, 0.05) is 17.2 Å². The lowest BCUT2D eigenvalue weighted by molar-refractivity contribution is 0.0387. The van der Waals surface area contributed by atoms with E-state index in [9.17, 15) is 4.57 Å². The predicted octanol–water partition coefficient (Wildman–Crippen LogP) is 4.85. The normalized spacial score (nSPS) is 18.6. The van der Waals surface area contributed by atoms with Gasteiger partial charge in [0.15, 0.2) is 0 Å². The van der Waals surface area contributed by atoms with Crippen LogP contribution < -0.4 is 5.09 Å². The Kier molecular flexibility index (Phi) is 4.91. The van der Waals surface area contributed by atoms with E-state index in [0.29, 0.717) is 13.2 Å². The molecule has 1 aliphatic heterocycles. The van der Waals surface area contributed by atoms with E-state index < -0.39 is 7.75 Å². The number of rotatable bonds is 4. The molecule has 24 heavy (non-hydrogen) atoms. The van der Waals surface area contributed by atoms with Gasteiger partial charge in [-0.25, -0.2) is 4.57 Å². The SMILES string of the molecule is CC1(C)COP(=O)(NC=C(c2ccccc2)c2ccccc2)OC1. The van der Waals surface area contributed by atoms with E-state index in [4.69, 9.17) is 9.05 Å². The van der Waals surface area contributed by atoms with Crippen molar-refractivity contribution in [1.29, 1.82) is 0 Å². The Balaban J connectivity index is 1.87. The number of benzene rings is 2. The molecule has 4 nitrogen and oxygen atoms in total. The molecule has 0 spiro atoms. The Bertz CT molecular complexity index is 701. The lowest BCUT2D eigenvalue weighted by atomic mass is 9.97. The van der Waals surface area contributed by atoms with Crippen LogP contribution in [0.3, 0.4) is 0 Å². The third-order valence-corrected chi connectivity index (χ3v) is 5.17. The van der Waals surface area contributed by atoms with Crippen LogP contribution in [0.25, 0.3) is 5.57 Å². The highest BCUT2D eigenvalue weighted by molar-refractivity contribution is 7.51. The Morgan fingerprint density at radius 3 is 1.88 bits per heavy atom. The van der Waals surface area contributed by atoms with Gasteiger partial charge in [0.1, 0.15) is 0 Å². The smallest absolute Gasteiger partial charge is 0.299 e. The van der Waals surface area contributed by atoms with Crippen LogP contribution in [0.4, 0.5) is 0 Å². The lowest BCUT2D eigenvalue weighted by Gasteiger charge is -2.33. The second-order valence-corrected chi connectivity index (χ2v) is 8.40. The van der Waals surface area contributed by atoms with Crippen molar-refractivity contribution in [3.05, 3.63) is 78.0 Å². The molecule has 126 valence electrons. The summed E-state index contributed by atoms with van der Waals surface area (Å²) in [5.41, 5.74) is 2.87. The summed E-state index contributed by atoms with van der Waals surface area (Å²) in [5, 5.41) is 2.88. The molecule has 0 aliphatic carbocycles. The average molecular weight is 343 g/mol. The third kappa shape index (κ3) is 4.15. The van der Waals surface area contributed by atoms with Crippen molar-refractivity contribution in [3.8, 4) is 0 Å². The molecule has 0 bridgehead atoms. The molecule has 1 heterocycles. The summed E-state index contributed by atoms with van der Waals surface area (Å²) in [6.07, 6.45) is 1.73. The van der Waals surface area contributed by atoms with E-state index in [1.165, 1.54) is 0 Å². The van der Waals surface area contributed by atoms with Gasteiger partial charge in [0.2, 0.25) is 0 Å². The average Bonchev–Trinajstić information content (AvgIpc) is 2.60. The summed E-state index contributed by atoms with van der Waals surface area (Å²) >= 11 is 0. The molecule has 5 heteroatoms. The van der Waals surface area contributed by atoms with Gasteiger partial charge in [-0.1, -0.05) is 74.5 Å². The zero-order valence-corrected chi connectivity index (χ0v) is 14.8. The molecule has 1 aliphatic rings. The third-order valence-electron chi connectivity index (χ3n) is 3.79. The quantitative estimate of drug-likeness (QED) is 0.807. The molecule has 1 fully saturated rings. The van der Waals surface area contributed by atoms with E-state index >= 15 is 0 Å². The largest absolute Gasteiger partial charge is 0.432 e. The first-order valence-electron chi connectivity index (χ1n) is 7.95. The number of nitrogens with one attached hydrogen (secondary N) is 1. The highest BCUT2D eigenvalue weighted by Crippen LogP contribution is 2.50. The van der Waals surface area contributed by atoms with Crippen molar-refractivity contribution in [1.82, 2.24) is 5.09 Å². The molecule has 2 aromatic carbocycles. The van der Waals surface area contributed by atoms with Gasteiger partial charge in [-0.2, -0.15) is 0 Å². The summed E-state index contributed by atoms with van der Waals surface area (Å²) in [5.74, 6) is 0. The maximum atomic E-state index is 12.7. The summed E-state index contributed by atoms with van der Waals surface area (Å²) in [6.45, 7) is 4.84. The minimum absolute atomic E-state index is 0.124. The minimum Gasteiger partial charge on any atom is -0.299 e. The van der Waals surface area contributed by atoms with Crippen LogP contribution in [0.1, 0.15) is 25.0 Å². The predicted molar refractivity (Wildman–Crippen MR) is 96.4 cm³/mol. The Hall–Kier alpha value is -1.87. The summed E-state index contributed by atoms with van der Waals surface area (Å²) in [7, 11) is -3.31. The molecule has 0 unspecified atom stereocenters. The van der Waals surface area contributed by atoms with Crippen LogP contribution in [0.5, 0.6) is 0 Å². The molecule has 1 N–H and O–H groups in total. The van der Waals surface area contributed by atoms with E-state index in [2.05, 4.69) is 5.09 Å². The Labute approximate surface area is 143 Å².